The van der Waals surface area contributed by atoms with Crippen LogP contribution in [0, 0.1) is 0 Å². The summed E-state index contributed by atoms with van der Waals surface area (Å²) in [7, 11) is 0. The molecule has 0 atom stereocenters. The van der Waals surface area contributed by atoms with Gasteiger partial charge in [-0.05, 0) is 18.2 Å². The standard InChI is InChI=1S/C9H12BrN3O2S/c10-6-1-2-8(7(11)5-6)16-4-3-9(14)15-13-12/h1-2,5,13H,3-4,11-12H2. The van der Waals surface area contributed by atoms with Gasteiger partial charge in [-0.3, -0.25) is 4.79 Å². The van der Waals surface area contributed by atoms with Gasteiger partial charge < -0.3 is 10.6 Å². The van der Waals surface area contributed by atoms with E-state index < -0.39 is 5.97 Å². The molecular formula is C9H12BrN3O2S. The average molecular weight is 306 g/mol. The Bertz CT molecular complexity index is 376. The zero-order valence-corrected chi connectivity index (χ0v) is 10.8. The van der Waals surface area contributed by atoms with Crippen molar-refractivity contribution >= 4 is 39.3 Å². The lowest BCUT2D eigenvalue weighted by Crippen LogP contribution is -2.26. The number of nitrogens with two attached hydrogens (primary N) is 2. The van der Waals surface area contributed by atoms with Gasteiger partial charge in [-0.15, -0.1) is 11.8 Å². The first-order valence-electron chi connectivity index (χ1n) is 4.46. The topological polar surface area (TPSA) is 90.4 Å². The molecule has 16 heavy (non-hydrogen) atoms. The van der Waals surface area contributed by atoms with Crippen molar-refractivity contribution in [3.8, 4) is 0 Å². The first kappa shape index (κ1) is 13.3. The fourth-order valence-corrected chi connectivity index (χ4v) is 2.27. The molecule has 0 bridgehead atoms. The van der Waals surface area contributed by atoms with Crippen LogP contribution in [-0.2, 0) is 9.63 Å². The molecule has 0 aliphatic rings. The number of thioether (sulfide) groups is 1. The summed E-state index contributed by atoms with van der Waals surface area (Å²) in [6.45, 7) is 0. The zero-order chi connectivity index (χ0) is 12.0. The van der Waals surface area contributed by atoms with E-state index in [1.54, 1.807) is 0 Å². The summed E-state index contributed by atoms with van der Waals surface area (Å²) in [5.41, 5.74) is 8.33. The van der Waals surface area contributed by atoms with E-state index in [0.717, 1.165) is 9.37 Å². The van der Waals surface area contributed by atoms with Crippen LogP contribution in [0.5, 0.6) is 0 Å². The van der Waals surface area contributed by atoms with Gasteiger partial charge in [-0.1, -0.05) is 21.5 Å². The summed E-state index contributed by atoms with van der Waals surface area (Å²) in [4.78, 5) is 16.3. The molecule has 0 fully saturated rings. The SMILES string of the molecule is NNOC(=O)CCSc1ccc(Br)cc1N. The van der Waals surface area contributed by atoms with Gasteiger partial charge in [0.25, 0.3) is 0 Å². The summed E-state index contributed by atoms with van der Waals surface area (Å²) >= 11 is 4.82. The number of hydrazine groups is 1. The summed E-state index contributed by atoms with van der Waals surface area (Å²) in [5, 5.41) is 0. The van der Waals surface area contributed by atoms with Crippen molar-refractivity contribution in [3.05, 3.63) is 22.7 Å². The van der Waals surface area contributed by atoms with E-state index >= 15 is 0 Å². The Morgan fingerprint density at radius 2 is 2.31 bits per heavy atom. The molecule has 0 aliphatic carbocycles. The lowest BCUT2D eigenvalue weighted by atomic mass is 10.3. The predicted molar refractivity (Wildman–Crippen MR) is 67.3 cm³/mol. The number of hydrogen-bond acceptors (Lipinski definition) is 6. The van der Waals surface area contributed by atoms with Crippen molar-refractivity contribution < 1.29 is 9.63 Å². The summed E-state index contributed by atoms with van der Waals surface area (Å²) in [6, 6.07) is 5.62. The number of carbonyl (C=O) groups excluding carboxylic acids is 1. The number of carbonyl (C=O) groups is 1. The fraction of sp³-hybridized carbons (Fsp3) is 0.222. The Kier molecular flexibility index (Phi) is 5.61. The quantitative estimate of drug-likeness (QED) is 0.330. The highest BCUT2D eigenvalue weighted by Crippen LogP contribution is 2.28. The predicted octanol–water partition coefficient (Wildman–Crippen LogP) is 1.43. The highest BCUT2D eigenvalue weighted by Gasteiger charge is 2.05. The van der Waals surface area contributed by atoms with Crippen molar-refractivity contribution in [2.75, 3.05) is 11.5 Å². The maximum atomic E-state index is 11.0. The molecule has 7 heteroatoms. The van der Waals surface area contributed by atoms with Gasteiger partial charge in [-0.25, -0.2) is 5.84 Å². The normalized spacial score (nSPS) is 10.1. The third kappa shape index (κ3) is 4.40. The van der Waals surface area contributed by atoms with Crippen LogP contribution in [0.25, 0.3) is 0 Å². The number of halogens is 1. The maximum absolute atomic E-state index is 11.0. The van der Waals surface area contributed by atoms with Crippen LogP contribution >= 0.6 is 27.7 Å². The molecular weight excluding hydrogens is 294 g/mol. The zero-order valence-electron chi connectivity index (χ0n) is 8.40. The molecule has 5 nitrogen and oxygen atoms in total. The number of nitrogen functional groups attached to an aromatic ring is 1. The van der Waals surface area contributed by atoms with Crippen LogP contribution < -0.4 is 17.2 Å². The minimum absolute atomic E-state index is 0.268. The number of anilines is 1. The minimum atomic E-state index is -0.398. The van der Waals surface area contributed by atoms with Gasteiger partial charge >= 0.3 is 5.97 Å². The Morgan fingerprint density at radius 3 is 2.94 bits per heavy atom. The van der Waals surface area contributed by atoms with Gasteiger partial charge in [-0.2, -0.15) is 0 Å². The second-order valence-electron chi connectivity index (χ2n) is 2.87. The van der Waals surface area contributed by atoms with Gasteiger partial charge in [0.05, 0.1) is 6.42 Å². The summed E-state index contributed by atoms with van der Waals surface area (Å²) in [5.74, 6) is 5.02. The molecule has 1 aromatic rings. The van der Waals surface area contributed by atoms with E-state index in [2.05, 4.69) is 20.8 Å². The van der Waals surface area contributed by atoms with Crippen LogP contribution in [0.15, 0.2) is 27.6 Å². The molecule has 0 saturated heterocycles. The molecule has 0 heterocycles. The van der Waals surface area contributed by atoms with E-state index in [9.17, 15) is 4.79 Å². The van der Waals surface area contributed by atoms with Crippen molar-refractivity contribution in [3.63, 3.8) is 0 Å². The first-order valence-corrected chi connectivity index (χ1v) is 6.24. The molecule has 1 rings (SSSR count). The molecule has 0 amide bonds. The molecule has 5 N–H and O–H groups in total. The van der Waals surface area contributed by atoms with E-state index in [-0.39, 0.29) is 6.42 Å². The van der Waals surface area contributed by atoms with Gasteiger partial charge in [0.15, 0.2) is 0 Å². The monoisotopic (exact) mass is 305 g/mol. The Hall–Kier alpha value is -0.760. The average Bonchev–Trinajstić information content (AvgIpc) is 2.22. The van der Waals surface area contributed by atoms with Gasteiger partial charge in [0.2, 0.25) is 0 Å². The first-order chi connectivity index (χ1) is 7.63. The van der Waals surface area contributed by atoms with Crippen LogP contribution in [-0.4, -0.2) is 11.7 Å². The van der Waals surface area contributed by atoms with E-state index in [4.69, 9.17) is 11.6 Å². The largest absolute Gasteiger partial charge is 0.398 e. The molecule has 1 aromatic carbocycles. The second-order valence-corrected chi connectivity index (χ2v) is 4.92. The highest BCUT2D eigenvalue weighted by molar-refractivity contribution is 9.10. The molecule has 0 saturated carbocycles. The molecule has 88 valence electrons. The summed E-state index contributed by atoms with van der Waals surface area (Å²) in [6.07, 6.45) is 0.268. The number of benzene rings is 1. The van der Waals surface area contributed by atoms with Crippen LogP contribution in [0.3, 0.4) is 0 Å². The molecule has 0 unspecified atom stereocenters. The van der Waals surface area contributed by atoms with Crippen LogP contribution in [0.2, 0.25) is 0 Å². The Morgan fingerprint density at radius 1 is 1.56 bits per heavy atom. The fourth-order valence-electron chi connectivity index (χ4n) is 1.01. The number of hydrogen-bond donors (Lipinski definition) is 3. The van der Waals surface area contributed by atoms with Crippen molar-refractivity contribution in [1.29, 1.82) is 0 Å². The molecule has 0 radical (unpaired) electrons. The second kappa shape index (κ2) is 6.74. The maximum Gasteiger partial charge on any atom is 0.327 e. The number of nitrogens with one attached hydrogen (secondary N) is 1. The molecule has 0 aromatic heterocycles. The van der Waals surface area contributed by atoms with Crippen LogP contribution in [0.4, 0.5) is 5.69 Å². The van der Waals surface area contributed by atoms with Crippen molar-refractivity contribution in [2.45, 2.75) is 11.3 Å². The number of rotatable bonds is 5. The lowest BCUT2D eigenvalue weighted by molar-refractivity contribution is -0.150. The van der Waals surface area contributed by atoms with Crippen LogP contribution in [0.1, 0.15) is 6.42 Å². The molecule has 0 aliphatic heterocycles. The Labute approximate surface area is 106 Å². The van der Waals surface area contributed by atoms with Crippen molar-refractivity contribution in [1.82, 2.24) is 5.59 Å². The summed E-state index contributed by atoms with van der Waals surface area (Å²) < 4.78 is 0.932. The van der Waals surface area contributed by atoms with Gasteiger partial charge in [0.1, 0.15) is 0 Å². The highest BCUT2D eigenvalue weighted by atomic mass is 79.9. The van der Waals surface area contributed by atoms with E-state index in [1.807, 2.05) is 23.8 Å². The smallest absolute Gasteiger partial charge is 0.327 e. The lowest BCUT2D eigenvalue weighted by Gasteiger charge is -2.05. The van der Waals surface area contributed by atoms with E-state index in [1.165, 1.54) is 11.8 Å². The van der Waals surface area contributed by atoms with Crippen molar-refractivity contribution in [2.24, 2.45) is 5.84 Å². The van der Waals surface area contributed by atoms with Gasteiger partial charge in [0, 0.05) is 20.8 Å². The third-order valence-electron chi connectivity index (χ3n) is 1.71. The third-order valence-corrected chi connectivity index (χ3v) is 3.29. The van der Waals surface area contributed by atoms with E-state index in [0.29, 0.717) is 11.4 Å². The Balaban J connectivity index is 2.40. The minimum Gasteiger partial charge on any atom is -0.398 e. The molecule has 0 spiro atoms.